The van der Waals surface area contributed by atoms with Crippen molar-refractivity contribution < 1.29 is 13.2 Å². The van der Waals surface area contributed by atoms with E-state index >= 15 is 0 Å². The van der Waals surface area contributed by atoms with Gasteiger partial charge in [0.15, 0.2) is 5.82 Å². The zero-order chi connectivity index (χ0) is 14.0. The first-order chi connectivity index (χ1) is 8.88. The Bertz CT molecular complexity index is 606. The molecule has 0 radical (unpaired) electrons. The van der Waals surface area contributed by atoms with E-state index < -0.39 is 11.7 Å². The van der Waals surface area contributed by atoms with E-state index in [9.17, 15) is 13.2 Å². The van der Waals surface area contributed by atoms with E-state index in [1.807, 2.05) is 0 Å². The lowest BCUT2D eigenvalue weighted by Gasteiger charge is -2.11. The summed E-state index contributed by atoms with van der Waals surface area (Å²) in [4.78, 5) is 11.0. The molecular formula is C10H6ClF3N4S. The second-order valence-corrected chi connectivity index (χ2v) is 4.77. The smallest absolute Gasteiger partial charge is 0.381 e. The second-order valence-electron chi connectivity index (χ2n) is 3.35. The van der Waals surface area contributed by atoms with Gasteiger partial charge in [-0.2, -0.15) is 13.2 Å². The summed E-state index contributed by atoms with van der Waals surface area (Å²) >= 11 is 6.33. The summed E-state index contributed by atoms with van der Waals surface area (Å²) < 4.78 is 38.3. The van der Waals surface area contributed by atoms with Crippen LogP contribution in [0, 0.1) is 0 Å². The van der Waals surface area contributed by atoms with Crippen molar-refractivity contribution in [1.82, 2.24) is 15.0 Å². The highest BCUT2D eigenvalue weighted by Crippen LogP contribution is 2.39. The molecule has 2 heterocycles. The number of aromatic nitrogens is 3. The maximum absolute atomic E-state index is 12.8. The van der Waals surface area contributed by atoms with Crippen LogP contribution in [-0.4, -0.2) is 15.0 Å². The minimum Gasteiger partial charge on any atom is -0.381 e. The number of halogens is 4. The first kappa shape index (κ1) is 13.9. The van der Waals surface area contributed by atoms with Gasteiger partial charge in [0.25, 0.3) is 0 Å². The Morgan fingerprint density at radius 2 is 2.00 bits per heavy atom. The number of hydrogen-bond acceptors (Lipinski definition) is 5. The van der Waals surface area contributed by atoms with E-state index in [-0.39, 0.29) is 20.9 Å². The van der Waals surface area contributed by atoms with Crippen molar-refractivity contribution in [2.45, 2.75) is 16.1 Å². The van der Waals surface area contributed by atoms with Crippen LogP contribution in [0.3, 0.4) is 0 Å². The normalized spacial score (nSPS) is 11.6. The van der Waals surface area contributed by atoms with Gasteiger partial charge in [0, 0.05) is 17.3 Å². The minimum atomic E-state index is -4.49. The Morgan fingerprint density at radius 1 is 1.26 bits per heavy atom. The van der Waals surface area contributed by atoms with Crippen LogP contribution >= 0.6 is 23.4 Å². The van der Waals surface area contributed by atoms with Gasteiger partial charge in [-0.3, -0.25) is 4.98 Å². The topological polar surface area (TPSA) is 64.7 Å². The van der Waals surface area contributed by atoms with Gasteiger partial charge in [0.05, 0.1) is 11.8 Å². The number of pyridine rings is 1. The predicted molar refractivity (Wildman–Crippen MR) is 64.8 cm³/mol. The van der Waals surface area contributed by atoms with Crippen molar-refractivity contribution in [3.8, 4) is 0 Å². The average Bonchev–Trinajstić information content (AvgIpc) is 2.32. The fourth-order valence-electron chi connectivity index (χ4n) is 1.24. The Morgan fingerprint density at radius 3 is 2.63 bits per heavy atom. The number of nitrogen functional groups attached to an aromatic ring is 1. The summed E-state index contributed by atoms with van der Waals surface area (Å²) in [5.74, 6) is -0.0255. The van der Waals surface area contributed by atoms with E-state index in [1.165, 1.54) is 18.5 Å². The second kappa shape index (κ2) is 5.22. The monoisotopic (exact) mass is 306 g/mol. The molecule has 100 valence electrons. The number of nitrogens with zero attached hydrogens (tertiary/aromatic N) is 3. The molecule has 0 bridgehead atoms. The highest BCUT2D eigenvalue weighted by atomic mass is 35.5. The molecular weight excluding hydrogens is 301 g/mol. The highest BCUT2D eigenvalue weighted by Gasteiger charge is 2.34. The van der Waals surface area contributed by atoms with Gasteiger partial charge >= 0.3 is 6.18 Å². The average molecular weight is 307 g/mol. The van der Waals surface area contributed by atoms with Crippen LogP contribution in [0.5, 0.6) is 0 Å². The Kier molecular flexibility index (Phi) is 3.81. The van der Waals surface area contributed by atoms with Gasteiger partial charge in [0.2, 0.25) is 0 Å². The zero-order valence-electron chi connectivity index (χ0n) is 9.15. The molecule has 0 saturated carbocycles. The molecule has 0 fully saturated rings. The third-order valence-corrected chi connectivity index (χ3v) is 3.29. The first-order valence-corrected chi connectivity index (χ1v) is 6.04. The van der Waals surface area contributed by atoms with Crippen molar-refractivity contribution in [2.24, 2.45) is 0 Å². The van der Waals surface area contributed by atoms with E-state index in [2.05, 4.69) is 15.0 Å². The van der Waals surface area contributed by atoms with Crippen LogP contribution in [0.1, 0.15) is 5.56 Å². The van der Waals surface area contributed by atoms with E-state index in [1.54, 1.807) is 0 Å². The molecule has 0 aliphatic heterocycles. The summed E-state index contributed by atoms with van der Waals surface area (Å²) in [5.41, 5.74) is 4.70. The summed E-state index contributed by atoms with van der Waals surface area (Å²) in [6, 6.07) is 1.24. The number of alkyl halides is 3. The summed E-state index contributed by atoms with van der Waals surface area (Å²) in [6.45, 7) is 0. The maximum atomic E-state index is 12.8. The summed E-state index contributed by atoms with van der Waals surface area (Å²) in [6.07, 6.45) is -1.26. The largest absolute Gasteiger partial charge is 0.418 e. The van der Waals surface area contributed by atoms with Crippen LogP contribution < -0.4 is 5.73 Å². The van der Waals surface area contributed by atoms with E-state index in [0.717, 1.165) is 18.0 Å². The quantitative estimate of drug-likeness (QED) is 0.922. The molecule has 2 rings (SSSR count). The lowest BCUT2D eigenvalue weighted by Crippen LogP contribution is -2.07. The SMILES string of the molecule is Nc1nc(Cl)cnc1Sc1ccncc1C(F)(F)F. The number of rotatable bonds is 2. The Labute approximate surface area is 115 Å². The third-order valence-electron chi connectivity index (χ3n) is 2.03. The number of anilines is 1. The molecule has 0 spiro atoms. The molecule has 2 N–H and O–H groups in total. The highest BCUT2D eigenvalue weighted by molar-refractivity contribution is 7.99. The Balaban J connectivity index is 2.39. The lowest BCUT2D eigenvalue weighted by atomic mass is 10.3. The van der Waals surface area contributed by atoms with Crippen molar-refractivity contribution in [1.29, 1.82) is 0 Å². The molecule has 0 atom stereocenters. The Hall–Kier alpha value is -1.54. The third kappa shape index (κ3) is 3.27. The van der Waals surface area contributed by atoms with Crippen molar-refractivity contribution >= 4 is 29.2 Å². The molecule has 0 aromatic carbocycles. The standard InChI is InChI=1S/C10H6ClF3N4S/c11-7-4-17-9(8(15)18-7)19-6-1-2-16-3-5(6)10(12,13)14/h1-4H,(H2,15,18). The van der Waals surface area contributed by atoms with Gasteiger partial charge < -0.3 is 5.73 Å². The number of nitrogens with two attached hydrogens (primary N) is 1. The molecule has 19 heavy (non-hydrogen) atoms. The molecule has 0 unspecified atom stereocenters. The molecule has 0 amide bonds. The predicted octanol–water partition coefficient (Wildman–Crippen LogP) is 3.28. The van der Waals surface area contributed by atoms with Gasteiger partial charge in [-0.25, -0.2) is 9.97 Å². The number of hydrogen-bond donors (Lipinski definition) is 1. The van der Waals surface area contributed by atoms with Crippen molar-refractivity contribution in [3.05, 3.63) is 35.4 Å². The van der Waals surface area contributed by atoms with Gasteiger partial charge in [-0.1, -0.05) is 23.4 Å². The minimum absolute atomic E-state index is 0.0255. The summed E-state index contributed by atoms with van der Waals surface area (Å²) in [5, 5.41) is 0.230. The van der Waals surface area contributed by atoms with Crippen LogP contribution in [0.4, 0.5) is 19.0 Å². The molecule has 4 nitrogen and oxygen atoms in total. The van der Waals surface area contributed by atoms with Crippen molar-refractivity contribution in [2.75, 3.05) is 5.73 Å². The van der Waals surface area contributed by atoms with Crippen LogP contribution in [-0.2, 0) is 6.18 Å². The maximum Gasteiger partial charge on any atom is 0.418 e. The first-order valence-electron chi connectivity index (χ1n) is 4.85. The van der Waals surface area contributed by atoms with Crippen LogP contribution in [0.25, 0.3) is 0 Å². The fourth-order valence-corrected chi connectivity index (χ4v) is 2.25. The molecule has 0 aliphatic carbocycles. The van der Waals surface area contributed by atoms with E-state index in [0.29, 0.717) is 0 Å². The van der Waals surface area contributed by atoms with Crippen LogP contribution in [0.2, 0.25) is 5.15 Å². The van der Waals surface area contributed by atoms with E-state index in [4.69, 9.17) is 17.3 Å². The molecule has 9 heteroatoms. The molecule has 2 aromatic rings. The summed E-state index contributed by atoms with van der Waals surface area (Å²) in [7, 11) is 0. The van der Waals surface area contributed by atoms with Gasteiger partial charge in [0.1, 0.15) is 10.2 Å². The van der Waals surface area contributed by atoms with Gasteiger partial charge in [-0.15, -0.1) is 0 Å². The zero-order valence-corrected chi connectivity index (χ0v) is 10.7. The molecule has 0 aliphatic rings. The van der Waals surface area contributed by atoms with Crippen LogP contribution in [0.15, 0.2) is 34.6 Å². The van der Waals surface area contributed by atoms with Crippen molar-refractivity contribution in [3.63, 3.8) is 0 Å². The van der Waals surface area contributed by atoms with Gasteiger partial charge in [-0.05, 0) is 6.07 Å². The lowest BCUT2D eigenvalue weighted by molar-refractivity contribution is -0.140. The molecule has 2 aromatic heterocycles. The fraction of sp³-hybridized carbons (Fsp3) is 0.100. The molecule has 0 saturated heterocycles.